The molecule has 28 heavy (non-hydrogen) atoms. The normalized spacial score (nSPS) is 15.3. The second kappa shape index (κ2) is 9.39. The van der Waals surface area contributed by atoms with Crippen LogP contribution >= 0.6 is 0 Å². The van der Waals surface area contributed by atoms with Gasteiger partial charge in [-0.3, -0.25) is 19.1 Å². The van der Waals surface area contributed by atoms with Crippen LogP contribution in [0.1, 0.15) is 43.2 Å². The van der Waals surface area contributed by atoms with E-state index in [4.69, 9.17) is 0 Å². The summed E-state index contributed by atoms with van der Waals surface area (Å²) in [6.07, 6.45) is 6.65. The number of carbonyl (C=O) groups excluding carboxylic acids is 2. The van der Waals surface area contributed by atoms with Crippen molar-refractivity contribution in [2.24, 2.45) is 13.0 Å². The number of benzene rings is 1. The van der Waals surface area contributed by atoms with E-state index in [-0.39, 0.29) is 23.8 Å². The Morgan fingerprint density at radius 3 is 2.57 bits per heavy atom. The molecule has 1 heterocycles. The van der Waals surface area contributed by atoms with Crippen molar-refractivity contribution in [3.05, 3.63) is 58.0 Å². The van der Waals surface area contributed by atoms with Crippen LogP contribution in [0.2, 0.25) is 0 Å². The number of H-pyrrole nitrogens is 1. The molecule has 0 spiro atoms. The fourth-order valence-corrected chi connectivity index (χ4v) is 3.72. The number of hydrogen-bond donors (Lipinski definition) is 3. The van der Waals surface area contributed by atoms with Gasteiger partial charge in [0, 0.05) is 38.2 Å². The Hall–Kier alpha value is -2.83. The Morgan fingerprint density at radius 1 is 1.21 bits per heavy atom. The maximum atomic E-state index is 12.8. The molecule has 1 aromatic heterocycles. The number of amides is 2. The van der Waals surface area contributed by atoms with Crippen LogP contribution in [-0.4, -0.2) is 27.6 Å². The third kappa shape index (κ3) is 5.34. The Morgan fingerprint density at radius 2 is 1.93 bits per heavy atom. The summed E-state index contributed by atoms with van der Waals surface area (Å²) in [5, 5.41) is 8.53. The maximum Gasteiger partial charge on any atom is 0.269 e. The minimum absolute atomic E-state index is 0.126. The summed E-state index contributed by atoms with van der Waals surface area (Å²) in [6.45, 7) is 0.375. The first-order chi connectivity index (χ1) is 13.5. The van der Waals surface area contributed by atoms with Crippen LogP contribution in [0, 0.1) is 5.92 Å². The minimum Gasteiger partial charge on any atom is -0.350 e. The molecule has 1 fully saturated rings. The highest BCUT2D eigenvalue weighted by Crippen LogP contribution is 2.27. The Balaban J connectivity index is 1.65. The quantitative estimate of drug-likeness (QED) is 0.646. The summed E-state index contributed by atoms with van der Waals surface area (Å²) in [7, 11) is 1.62. The summed E-state index contributed by atoms with van der Waals surface area (Å²) >= 11 is 0. The summed E-state index contributed by atoms with van der Waals surface area (Å²) < 4.78 is 1.36. The van der Waals surface area contributed by atoms with Crippen LogP contribution in [0.3, 0.4) is 0 Å². The third-order valence-corrected chi connectivity index (χ3v) is 5.35. The van der Waals surface area contributed by atoms with Gasteiger partial charge in [-0.2, -0.15) is 0 Å². The second-order valence-corrected chi connectivity index (χ2v) is 7.55. The molecule has 0 saturated heterocycles. The first-order valence-corrected chi connectivity index (χ1v) is 9.87. The van der Waals surface area contributed by atoms with E-state index in [1.165, 1.54) is 17.5 Å². The SMILES string of the molecule is Cn1[nH]cc(CC(NC(=O)CC2CCCC2)C(=O)NCc2ccccc2)c1=O. The number of nitrogens with zero attached hydrogens (tertiary/aromatic N) is 1. The van der Waals surface area contributed by atoms with Crippen LogP contribution in [0.25, 0.3) is 0 Å². The topological polar surface area (TPSA) is 96.0 Å². The minimum atomic E-state index is -0.777. The lowest BCUT2D eigenvalue weighted by atomic mass is 10.0. The predicted molar refractivity (Wildman–Crippen MR) is 107 cm³/mol. The number of nitrogens with one attached hydrogen (secondary N) is 3. The van der Waals surface area contributed by atoms with E-state index in [2.05, 4.69) is 15.7 Å². The van der Waals surface area contributed by atoms with Gasteiger partial charge in [0.15, 0.2) is 0 Å². The molecular weight excluding hydrogens is 356 g/mol. The average Bonchev–Trinajstić information content (AvgIpc) is 3.31. The van der Waals surface area contributed by atoms with Gasteiger partial charge in [0.1, 0.15) is 6.04 Å². The molecule has 1 aliphatic rings. The lowest BCUT2D eigenvalue weighted by Crippen LogP contribution is -2.48. The molecule has 7 nitrogen and oxygen atoms in total. The van der Waals surface area contributed by atoms with Crippen molar-refractivity contribution in [3.63, 3.8) is 0 Å². The summed E-state index contributed by atoms with van der Waals surface area (Å²) in [5.74, 6) is -0.0147. The standard InChI is InChI=1S/C21H28N4O3/c1-25-21(28)17(14-23-25)12-18(24-19(26)11-15-7-5-6-8-15)20(27)22-13-16-9-3-2-4-10-16/h2-4,9-10,14-15,18,23H,5-8,11-13H2,1H3,(H,22,27)(H,24,26). The zero-order chi connectivity index (χ0) is 19.9. The van der Waals surface area contributed by atoms with Gasteiger partial charge >= 0.3 is 0 Å². The summed E-state index contributed by atoms with van der Waals surface area (Å²) in [6, 6.07) is 8.81. The molecule has 2 amide bonds. The molecule has 7 heteroatoms. The van der Waals surface area contributed by atoms with Crippen molar-refractivity contribution in [3.8, 4) is 0 Å². The van der Waals surface area contributed by atoms with Crippen molar-refractivity contribution in [2.45, 2.75) is 51.1 Å². The molecule has 0 bridgehead atoms. The van der Waals surface area contributed by atoms with Crippen molar-refractivity contribution in [2.75, 3.05) is 0 Å². The smallest absolute Gasteiger partial charge is 0.269 e. The first-order valence-electron chi connectivity index (χ1n) is 9.87. The van der Waals surface area contributed by atoms with E-state index in [0.29, 0.717) is 24.4 Å². The predicted octanol–water partition coefficient (Wildman–Crippen LogP) is 1.64. The number of aromatic amines is 1. The highest BCUT2D eigenvalue weighted by atomic mass is 16.2. The van der Waals surface area contributed by atoms with E-state index in [0.717, 1.165) is 18.4 Å². The van der Waals surface area contributed by atoms with Crippen molar-refractivity contribution < 1.29 is 9.59 Å². The summed E-state index contributed by atoms with van der Waals surface area (Å²) in [4.78, 5) is 37.4. The van der Waals surface area contributed by atoms with Gasteiger partial charge in [-0.05, 0) is 24.3 Å². The molecule has 3 rings (SSSR count). The van der Waals surface area contributed by atoms with Gasteiger partial charge in [0.2, 0.25) is 11.8 Å². The molecule has 2 aromatic rings. The van der Waals surface area contributed by atoms with Gasteiger partial charge in [-0.15, -0.1) is 0 Å². The summed E-state index contributed by atoms with van der Waals surface area (Å²) in [5.41, 5.74) is 1.26. The molecule has 1 unspecified atom stereocenters. The second-order valence-electron chi connectivity index (χ2n) is 7.55. The highest BCUT2D eigenvalue weighted by Gasteiger charge is 2.25. The molecule has 3 N–H and O–H groups in total. The Kier molecular flexibility index (Phi) is 6.68. The lowest BCUT2D eigenvalue weighted by molar-refractivity contribution is -0.129. The zero-order valence-corrected chi connectivity index (χ0v) is 16.2. The van der Waals surface area contributed by atoms with Crippen LogP contribution in [0.5, 0.6) is 0 Å². The van der Waals surface area contributed by atoms with Gasteiger partial charge in [-0.1, -0.05) is 43.2 Å². The highest BCUT2D eigenvalue weighted by molar-refractivity contribution is 5.87. The Bertz CT molecular complexity index is 850. The largest absolute Gasteiger partial charge is 0.350 e. The number of aromatic nitrogens is 2. The van der Waals surface area contributed by atoms with E-state index in [1.54, 1.807) is 13.2 Å². The van der Waals surface area contributed by atoms with E-state index in [1.807, 2.05) is 30.3 Å². The number of hydrogen-bond acceptors (Lipinski definition) is 3. The van der Waals surface area contributed by atoms with Crippen LogP contribution in [0.4, 0.5) is 0 Å². The third-order valence-electron chi connectivity index (χ3n) is 5.35. The molecule has 1 aromatic carbocycles. The maximum absolute atomic E-state index is 12.8. The van der Waals surface area contributed by atoms with Gasteiger partial charge in [0.25, 0.3) is 5.56 Å². The van der Waals surface area contributed by atoms with Crippen molar-refractivity contribution in [1.82, 2.24) is 20.4 Å². The molecule has 0 radical (unpaired) electrons. The number of carbonyl (C=O) groups is 2. The van der Waals surface area contributed by atoms with Crippen molar-refractivity contribution >= 4 is 11.8 Å². The fraction of sp³-hybridized carbons (Fsp3) is 0.476. The van der Waals surface area contributed by atoms with Crippen molar-refractivity contribution in [1.29, 1.82) is 0 Å². The average molecular weight is 384 g/mol. The number of rotatable bonds is 8. The van der Waals surface area contributed by atoms with Crippen LogP contribution < -0.4 is 16.2 Å². The molecular formula is C21H28N4O3. The van der Waals surface area contributed by atoms with Crippen LogP contribution in [-0.2, 0) is 29.6 Å². The van der Waals surface area contributed by atoms with Gasteiger partial charge in [0.05, 0.1) is 0 Å². The van der Waals surface area contributed by atoms with Gasteiger partial charge in [-0.25, -0.2) is 0 Å². The van der Waals surface area contributed by atoms with Gasteiger partial charge < -0.3 is 15.7 Å². The first kappa shape index (κ1) is 19.9. The molecule has 1 aliphatic carbocycles. The lowest BCUT2D eigenvalue weighted by Gasteiger charge is -2.19. The monoisotopic (exact) mass is 384 g/mol. The molecule has 0 aliphatic heterocycles. The van der Waals surface area contributed by atoms with E-state index in [9.17, 15) is 14.4 Å². The van der Waals surface area contributed by atoms with E-state index >= 15 is 0 Å². The number of aryl methyl sites for hydroxylation is 1. The zero-order valence-electron chi connectivity index (χ0n) is 16.2. The molecule has 150 valence electrons. The molecule has 1 atom stereocenters. The van der Waals surface area contributed by atoms with E-state index < -0.39 is 6.04 Å². The molecule has 1 saturated carbocycles. The Labute approximate surface area is 164 Å². The fourth-order valence-electron chi connectivity index (χ4n) is 3.72. The van der Waals surface area contributed by atoms with Crippen LogP contribution in [0.15, 0.2) is 41.3 Å².